The van der Waals surface area contributed by atoms with E-state index in [4.69, 9.17) is 14.2 Å². The Morgan fingerprint density at radius 1 is 0.500 bits per heavy atom. The van der Waals surface area contributed by atoms with Gasteiger partial charge in [0.2, 0.25) is 0 Å². The quantitative estimate of drug-likeness (QED) is 0.0261. The minimum Gasteiger partial charge on any atom is -0.544 e. The zero-order valence-corrected chi connectivity index (χ0v) is 39.0. The maximum absolute atomic E-state index is 12.7. The highest BCUT2D eigenvalue weighted by Crippen LogP contribution is 2.16. The zero-order chi connectivity index (χ0) is 42.8. The highest BCUT2D eigenvalue weighted by molar-refractivity contribution is 5.70. The van der Waals surface area contributed by atoms with Crippen LogP contribution in [0.1, 0.15) is 239 Å². The van der Waals surface area contributed by atoms with Gasteiger partial charge in [-0.3, -0.25) is 9.59 Å². The molecule has 2 unspecified atom stereocenters. The molecule has 0 heterocycles. The lowest BCUT2D eigenvalue weighted by atomic mass is 10.0. The lowest BCUT2D eigenvalue weighted by Gasteiger charge is -2.34. The number of rotatable bonds is 45. The molecule has 0 aromatic rings. The number of esters is 2. The predicted octanol–water partition coefficient (Wildman–Crippen LogP) is 12.5. The van der Waals surface area contributed by atoms with E-state index in [1.807, 2.05) is 0 Å². The summed E-state index contributed by atoms with van der Waals surface area (Å²) in [6.07, 6.45) is 45.2. The van der Waals surface area contributed by atoms with E-state index in [0.717, 1.165) is 38.5 Å². The molecule has 0 aromatic heterocycles. The molecule has 0 N–H and O–H groups in total. The van der Waals surface area contributed by atoms with E-state index >= 15 is 0 Å². The minimum atomic E-state index is -1.12. The highest BCUT2D eigenvalue weighted by Gasteiger charge is 2.25. The zero-order valence-electron chi connectivity index (χ0n) is 39.0. The highest BCUT2D eigenvalue weighted by atomic mass is 16.6. The number of unbranched alkanes of at least 4 members (excludes halogenated alkanes) is 29. The number of aliphatic carboxylic acids is 1. The summed E-state index contributed by atoms with van der Waals surface area (Å²) in [5, 5.41) is 11.6. The van der Waals surface area contributed by atoms with E-state index in [9.17, 15) is 19.5 Å². The molecule has 0 saturated carbocycles. The van der Waals surface area contributed by atoms with Gasteiger partial charge in [-0.05, 0) is 38.5 Å². The molecule has 2 atom stereocenters. The number of carboxylic acid groups (broad SMARTS) is 1. The molecule has 8 heteroatoms. The normalized spacial score (nSPS) is 12.9. The number of ether oxygens (including phenoxy) is 3. The van der Waals surface area contributed by atoms with Gasteiger partial charge in [-0.1, -0.05) is 193 Å². The first-order chi connectivity index (χ1) is 28.1. The Morgan fingerprint density at radius 3 is 1.24 bits per heavy atom. The molecular weight excluding hydrogens is 727 g/mol. The van der Waals surface area contributed by atoms with Crippen molar-refractivity contribution in [1.82, 2.24) is 0 Å². The Hall–Kier alpha value is -1.93. The molecule has 0 aliphatic carbocycles. The molecule has 0 aromatic carbocycles. The van der Waals surface area contributed by atoms with Crippen molar-refractivity contribution < 1.29 is 38.2 Å². The van der Waals surface area contributed by atoms with E-state index in [0.29, 0.717) is 12.8 Å². The molecule has 0 aliphatic rings. The molecule has 0 saturated heterocycles. The summed E-state index contributed by atoms with van der Waals surface area (Å²) in [7, 11) is 5.42. The summed E-state index contributed by atoms with van der Waals surface area (Å²) < 4.78 is 17.2. The van der Waals surface area contributed by atoms with E-state index < -0.39 is 18.1 Å². The fourth-order valence-corrected chi connectivity index (χ4v) is 7.54. The molecule has 0 spiro atoms. The van der Waals surface area contributed by atoms with Gasteiger partial charge in [0.1, 0.15) is 12.6 Å². The van der Waals surface area contributed by atoms with E-state index in [1.165, 1.54) is 167 Å². The van der Waals surface area contributed by atoms with Crippen LogP contribution in [0.5, 0.6) is 0 Å². The van der Waals surface area contributed by atoms with Crippen LogP contribution in [0.2, 0.25) is 0 Å². The van der Waals surface area contributed by atoms with Crippen LogP contribution in [0.25, 0.3) is 0 Å². The van der Waals surface area contributed by atoms with Gasteiger partial charge in [-0.2, -0.15) is 0 Å². The average molecular weight is 822 g/mol. The number of likely N-dealkylation sites (N-methyl/N-ethyl adjacent to an activating group) is 1. The molecular formula is C50H95NO7. The van der Waals surface area contributed by atoms with Crippen molar-refractivity contribution in [3.8, 4) is 0 Å². The Balaban J connectivity index is 4.20. The fraction of sp³-hybridized carbons (Fsp3) is 0.900. The Morgan fingerprint density at radius 2 is 0.862 bits per heavy atom. The maximum atomic E-state index is 12.7. The fourth-order valence-electron chi connectivity index (χ4n) is 7.54. The predicted molar refractivity (Wildman–Crippen MR) is 241 cm³/mol. The number of hydrogen-bond donors (Lipinski definition) is 0. The molecule has 0 bridgehead atoms. The Labute approximate surface area is 359 Å². The summed E-state index contributed by atoms with van der Waals surface area (Å²) in [4.78, 5) is 36.9. The number of quaternary nitrogens is 1. The van der Waals surface area contributed by atoms with Gasteiger partial charge in [-0.15, -0.1) is 0 Å². The van der Waals surface area contributed by atoms with E-state index in [2.05, 4.69) is 26.0 Å². The van der Waals surface area contributed by atoms with Crippen LogP contribution < -0.4 is 5.11 Å². The molecule has 0 rings (SSSR count). The molecule has 8 nitrogen and oxygen atoms in total. The largest absolute Gasteiger partial charge is 0.544 e. The number of carboxylic acids is 1. The maximum Gasteiger partial charge on any atom is 0.306 e. The summed E-state index contributed by atoms with van der Waals surface area (Å²) in [5.41, 5.74) is 0. The van der Waals surface area contributed by atoms with E-state index in [1.54, 1.807) is 21.1 Å². The molecule has 0 aliphatic heterocycles. The van der Waals surface area contributed by atoms with Gasteiger partial charge in [0.05, 0.1) is 40.3 Å². The minimum absolute atomic E-state index is 0.0453. The second-order valence-electron chi connectivity index (χ2n) is 18.1. The van der Waals surface area contributed by atoms with E-state index in [-0.39, 0.29) is 42.7 Å². The van der Waals surface area contributed by atoms with Crippen LogP contribution in [0.4, 0.5) is 0 Å². The number of hydrogen-bond acceptors (Lipinski definition) is 7. The van der Waals surface area contributed by atoms with Crippen LogP contribution in [0, 0.1) is 0 Å². The molecule has 0 amide bonds. The summed E-state index contributed by atoms with van der Waals surface area (Å²) in [5.74, 6) is -1.72. The summed E-state index contributed by atoms with van der Waals surface area (Å²) in [6, 6.07) is -0.722. The van der Waals surface area contributed by atoms with Crippen molar-refractivity contribution in [3.05, 3.63) is 12.2 Å². The lowest BCUT2D eigenvalue weighted by molar-refractivity contribution is -0.889. The van der Waals surface area contributed by atoms with Crippen molar-refractivity contribution >= 4 is 17.9 Å². The third kappa shape index (κ3) is 39.5. The molecule has 0 radical (unpaired) electrons. The number of nitrogens with zero attached hydrogens (tertiary/aromatic N) is 1. The van der Waals surface area contributed by atoms with Gasteiger partial charge < -0.3 is 28.6 Å². The van der Waals surface area contributed by atoms with Gasteiger partial charge in [0, 0.05) is 19.3 Å². The summed E-state index contributed by atoms with van der Waals surface area (Å²) >= 11 is 0. The van der Waals surface area contributed by atoms with Gasteiger partial charge in [-0.25, -0.2) is 0 Å². The van der Waals surface area contributed by atoms with Crippen LogP contribution in [-0.2, 0) is 28.6 Å². The monoisotopic (exact) mass is 822 g/mol. The topological polar surface area (TPSA) is 102 Å². The molecule has 0 fully saturated rings. The first kappa shape index (κ1) is 56.1. The van der Waals surface area contributed by atoms with Crippen LogP contribution in [-0.4, -0.2) is 75.5 Å². The van der Waals surface area contributed by atoms with Crippen molar-refractivity contribution in [2.45, 2.75) is 251 Å². The second-order valence-corrected chi connectivity index (χ2v) is 18.1. The third-order valence-corrected chi connectivity index (χ3v) is 11.4. The molecule has 342 valence electrons. The van der Waals surface area contributed by atoms with Crippen LogP contribution in [0.3, 0.4) is 0 Å². The van der Waals surface area contributed by atoms with Crippen LogP contribution >= 0.6 is 0 Å². The van der Waals surface area contributed by atoms with Gasteiger partial charge >= 0.3 is 11.9 Å². The smallest absolute Gasteiger partial charge is 0.306 e. The van der Waals surface area contributed by atoms with Gasteiger partial charge in [0.15, 0.2) is 6.10 Å². The van der Waals surface area contributed by atoms with Crippen molar-refractivity contribution in [2.75, 3.05) is 41.0 Å². The first-order valence-electron chi connectivity index (χ1n) is 24.7. The number of carbonyl (C=O) groups is 3. The van der Waals surface area contributed by atoms with Crippen molar-refractivity contribution in [2.24, 2.45) is 0 Å². The number of carbonyl (C=O) groups excluding carboxylic acids is 3. The standard InChI is InChI=1S/C50H95NO7/c1-6-8-10-12-14-16-18-20-21-22-23-24-25-26-27-29-30-32-34-36-38-40-48(52)57-45-46(44-56-43-42-47(50(54)55)51(3,4)5)58-49(53)41-39-37-35-33-31-28-19-17-15-13-11-9-7-2/h24-25,46-47H,6-23,26-45H2,1-5H3/b25-24+. The van der Waals surface area contributed by atoms with Gasteiger partial charge in [0.25, 0.3) is 0 Å². The second kappa shape index (κ2) is 41.8. The first-order valence-corrected chi connectivity index (χ1v) is 24.7. The SMILES string of the molecule is CCCCCCCCCCCC/C=C/CCCCCCCCCC(=O)OCC(COCCC(C(=O)[O-])[N+](C)(C)C)OC(=O)CCCCCCCCCCCCCCC. The average Bonchev–Trinajstić information content (AvgIpc) is 3.18. The Kier molecular flexibility index (Phi) is 40.4. The van der Waals surface area contributed by atoms with Crippen molar-refractivity contribution in [1.29, 1.82) is 0 Å². The van der Waals surface area contributed by atoms with Crippen molar-refractivity contribution in [3.63, 3.8) is 0 Å². The molecule has 58 heavy (non-hydrogen) atoms. The Bertz CT molecular complexity index is 962. The lowest BCUT2D eigenvalue weighted by Crippen LogP contribution is -2.55. The summed E-state index contributed by atoms with van der Waals surface area (Å²) in [6.45, 7) is 4.69. The number of allylic oxidation sites excluding steroid dienone is 2. The van der Waals surface area contributed by atoms with Crippen LogP contribution in [0.15, 0.2) is 12.2 Å². The third-order valence-electron chi connectivity index (χ3n) is 11.4.